The fourth-order valence-corrected chi connectivity index (χ4v) is 2.31. The zero-order valence-corrected chi connectivity index (χ0v) is 15.2. The minimum Gasteiger partial charge on any atom is -0.378 e. The zero-order chi connectivity index (χ0) is 15.6. The lowest BCUT2D eigenvalue weighted by atomic mass is 10.2. The summed E-state index contributed by atoms with van der Waals surface area (Å²) < 4.78 is 4.04. The molecule has 22 heavy (non-hydrogen) atoms. The van der Waals surface area contributed by atoms with E-state index in [0.29, 0.717) is 12.0 Å². The van der Waals surface area contributed by atoms with Gasteiger partial charge in [-0.25, -0.2) is 0 Å². The molecule has 2 aromatic rings. The molecule has 2 aromatic heterocycles. The van der Waals surface area contributed by atoms with Gasteiger partial charge in [0, 0.05) is 37.1 Å². The molecule has 0 saturated carbocycles. The Kier molecular flexibility index (Phi) is 6.48. The van der Waals surface area contributed by atoms with E-state index in [1.165, 1.54) is 5.56 Å². The molecule has 0 atom stereocenters. The van der Waals surface area contributed by atoms with E-state index in [2.05, 4.69) is 62.5 Å². The number of rotatable bonds is 6. The van der Waals surface area contributed by atoms with E-state index in [1.54, 1.807) is 0 Å². The van der Waals surface area contributed by atoms with Crippen molar-refractivity contribution in [3.8, 4) is 0 Å². The van der Waals surface area contributed by atoms with Crippen LogP contribution in [0.4, 0.5) is 5.69 Å². The standard InChI is InChI=1S/C16H27N5.ClH/c1-11(2)8-20-10-16(14(6)18-20)17-7-15-9-21(12(3)4)19-13(15)5;/h9-12,17H,7-8H2,1-6H3;1H. The van der Waals surface area contributed by atoms with Crippen molar-refractivity contribution in [3.63, 3.8) is 0 Å². The predicted octanol–water partition coefficient (Wildman–Crippen LogP) is 3.97. The first-order chi connectivity index (χ1) is 9.86. The summed E-state index contributed by atoms with van der Waals surface area (Å²) >= 11 is 0. The summed E-state index contributed by atoms with van der Waals surface area (Å²) in [4.78, 5) is 0. The fourth-order valence-electron chi connectivity index (χ4n) is 2.31. The maximum Gasteiger partial charge on any atom is 0.0825 e. The van der Waals surface area contributed by atoms with Gasteiger partial charge in [0.15, 0.2) is 0 Å². The summed E-state index contributed by atoms with van der Waals surface area (Å²) in [5.41, 5.74) is 4.47. The van der Waals surface area contributed by atoms with E-state index in [0.717, 1.165) is 30.2 Å². The molecule has 0 amide bonds. The first-order valence-electron chi connectivity index (χ1n) is 7.69. The molecular formula is C16H28ClN5. The molecule has 124 valence electrons. The maximum absolute atomic E-state index is 4.55. The Morgan fingerprint density at radius 2 is 1.73 bits per heavy atom. The summed E-state index contributed by atoms with van der Waals surface area (Å²) in [5, 5.41) is 12.6. The maximum atomic E-state index is 4.55. The molecule has 0 fully saturated rings. The van der Waals surface area contributed by atoms with Gasteiger partial charge >= 0.3 is 0 Å². The topological polar surface area (TPSA) is 47.7 Å². The predicted molar refractivity (Wildman–Crippen MR) is 93.7 cm³/mol. The molecule has 2 rings (SSSR count). The second kappa shape index (κ2) is 7.68. The van der Waals surface area contributed by atoms with Crippen LogP contribution in [-0.4, -0.2) is 19.6 Å². The van der Waals surface area contributed by atoms with Crippen LogP contribution >= 0.6 is 12.4 Å². The molecule has 0 aromatic carbocycles. The summed E-state index contributed by atoms with van der Waals surface area (Å²) in [6.45, 7) is 14.5. The number of hydrogen-bond acceptors (Lipinski definition) is 3. The number of aromatic nitrogens is 4. The highest BCUT2D eigenvalue weighted by atomic mass is 35.5. The molecule has 0 unspecified atom stereocenters. The van der Waals surface area contributed by atoms with E-state index in [-0.39, 0.29) is 12.4 Å². The van der Waals surface area contributed by atoms with Gasteiger partial charge in [-0.15, -0.1) is 12.4 Å². The van der Waals surface area contributed by atoms with Crippen molar-refractivity contribution in [1.82, 2.24) is 19.6 Å². The average molecular weight is 326 g/mol. The molecule has 0 radical (unpaired) electrons. The molecule has 0 aliphatic heterocycles. The fraction of sp³-hybridized carbons (Fsp3) is 0.625. The quantitative estimate of drug-likeness (QED) is 0.874. The van der Waals surface area contributed by atoms with Gasteiger partial charge < -0.3 is 5.32 Å². The number of anilines is 1. The number of nitrogens with zero attached hydrogens (tertiary/aromatic N) is 4. The third-order valence-corrected chi connectivity index (χ3v) is 3.52. The first-order valence-corrected chi connectivity index (χ1v) is 7.69. The second-order valence-corrected chi connectivity index (χ2v) is 6.41. The molecular weight excluding hydrogens is 298 g/mol. The van der Waals surface area contributed by atoms with Crippen LogP contribution in [0.3, 0.4) is 0 Å². The Labute approximate surface area is 139 Å². The number of halogens is 1. The number of hydrogen-bond donors (Lipinski definition) is 1. The van der Waals surface area contributed by atoms with Crippen LogP contribution in [0.2, 0.25) is 0 Å². The summed E-state index contributed by atoms with van der Waals surface area (Å²) in [6, 6.07) is 0.396. The highest BCUT2D eigenvalue weighted by molar-refractivity contribution is 5.85. The van der Waals surface area contributed by atoms with Crippen molar-refractivity contribution >= 4 is 18.1 Å². The lowest BCUT2D eigenvalue weighted by Gasteiger charge is -2.05. The zero-order valence-electron chi connectivity index (χ0n) is 14.4. The Hall–Kier alpha value is -1.49. The monoisotopic (exact) mass is 325 g/mol. The van der Waals surface area contributed by atoms with Crippen molar-refractivity contribution in [2.45, 2.75) is 60.7 Å². The van der Waals surface area contributed by atoms with Crippen molar-refractivity contribution in [2.75, 3.05) is 5.32 Å². The van der Waals surface area contributed by atoms with E-state index < -0.39 is 0 Å². The van der Waals surface area contributed by atoms with Crippen molar-refractivity contribution in [2.24, 2.45) is 5.92 Å². The Morgan fingerprint density at radius 3 is 2.27 bits per heavy atom. The molecule has 0 bridgehead atoms. The lowest BCUT2D eigenvalue weighted by molar-refractivity contribution is 0.481. The van der Waals surface area contributed by atoms with Crippen LogP contribution in [0.25, 0.3) is 0 Å². The molecule has 2 heterocycles. The van der Waals surface area contributed by atoms with Crippen molar-refractivity contribution in [3.05, 3.63) is 29.3 Å². The average Bonchev–Trinajstić information content (AvgIpc) is 2.90. The van der Waals surface area contributed by atoms with E-state index in [9.17, 15) is 0 Å². The lowest BCUT2D eigenvalue weighted by Crippen LogP contribution is -2.04. The molecule has 0 aliphatic rings. The molecule has 6 heteroatoms. The first kappa shape index (κ1) is 18.6. The van der Waals surface area contributed by atoms with E-state index >= 15 is 0 Å². The SMILES string of the molecule is Cc1nn(C(C)C)cc1CNc1cn(CC(C)C)nc1C.Cl. The van der Waals surface area contributed by atoms with Gasteiger partial charge in [-0.05, 0) is 33.6 Å². The number of nitrogens with one attached hydrogen (secondary N) is 1. The van der Waals surface area contributed by atoms with Crippen LogP contribution in [0.1, 0.15) is 50.7 Å². The minimum absolute atomic E-state index is 0. The van der Waals surface area contributed by atoms with Gasteiger partial charge in [0.2, 0.25) is 0 Å². The van der Waals surface area contributed by atoms with Gasteiger partial charge in [0.05, 0.1) is 17.1 Å². The van der Waals surface area contributed by atoms with Gasteiger partial charge in [-0.2, -0.15) is 10.2 Å². The van der Waals surface area contributed by atoms with Crippen LogP contribution in [-0.2, 0) is 13.1 Å². The molecule has 5 nitrogen and oxygen atoms in total. The molecule has 0 aliphatic carbocycles. The number of aryl methyl sites for hydroxylation is 2. The normalized spacial score (nSPS) is 11.1. The van der Waals surface area contributed by atoms with E-state index in [1.807, 2.05) is 16.3 Å². The molecule has 1 N–H and O–H groups in total. The smallest absolute Gasteiger partial charge is 0.0825 e. The van der Waals surface area contributed by atoms with Crippen molar-refractivity contribution < 1.29 is 0 Å². The third kappa shape index (κ3) is 4.50. The van der Waals surface area contributed by atoms with E-state index in [4.69, 9.17) is 0 Å². The van der Waals surface area contributed by atoms with Crippen LogP contribution in [0.5, 0.6) is 0 Å². The molecule has 0 spiro atoms. The van der Waals surface area contributed by atoms with Gasteiger partial charge in [0.25, 0.3) is 0 Å². The van der Waals surface area contributed by atoms with Gasteiger partial charge in [-0.1, -0.05) is 13.8 Å². The van der Waals surface area contributed by atoms with Gasteiger partial charge in [-0.3, -0.25) is 9.36 Å². The van der Waals surface area contributed by atoms with Crippen LogP contribution in [0, 0.1) is 19.8 Å². The summed E-state index contributed by atoms with van der Waals surface area (Å²) in [5.74, 6) is 0.601. The summed E-state index contributed by atoms with van der Waals surface area (Å²) in [7, 11) is 0. The Balaban J connectivity index is 0.00000242. The van der Waals surface area contributed by atoms with Crippen LogP contribution in [0.15, 0.2) is 12.4 Å². The van der Waals surface area contributed by atoms with Crippen LogP contribution < -0.4 is 5.32 Å². The highest BCUT2D eigenvalue weighted by Gasteiger charge is 2.09. The summed E-state index contributed by atoms with van der Waals surface area (Å²) in [6.07, 6.45) is 4.22. The Bertz CT molecular complexity index is 598. The van der Waals surface area contributed by atoms with Gasteiger partial charge in [0.1, 0.15) is 0 Å². The Morgan fingerprint density at radius 1 is 1.05 bits per heavy atom. The second-order valence-electron chi connectivity index (χ2n) is 6.41. The third-order valence-electron chi connectivity index (χ3n) is 3.52. The minimum atomic E-state index is 0. The largest absolute Gasteiger partial charge is 0.378 e. The molecule has 0 saturated heterocycles. The highest BCUT2D eigenvalue weighted by Crippen LogP contribution is 2.17. The van der Waals surface area contributed by atoms with Crippen molar-refractivity contribution in [1.29, 1.82) is 0 Å².